The van der Waals surface area contributed by atoms with E-state index in [-0.39, 0.29) is 0 Å². The number of rotatable bonds is 3. The molecule has 136 valence electrons. The smallest absolute Gasteiger partial charge is 0.168 e. The van der Waals surface area contributed by atoms with Crippen LogP contribution in [-0.4, -0.2) is 33.6 Å². The van der Waals surface area contributed by atoms with Crippen LogP contribution < -0.4 is 5.32 Å². The number of hydrogen-bond acceptors (Lipinski definition) is 6. The second kappa shape index (κ2) is 7.31. The molecule has 6 heteroatoms. The van der Waals surface area contributed by atoms with Gasteiger partial charge in [-0.15, -0.1) is 0 Å². The summed E-state index contributed by atoms with van der Waals surface area (Å²) in [5, 5.41) is 8.00. The van der Waals surface area contributed by atoms with Crippen LogP contribution in [0.2, 0.25) is 0 Å². The minimum absolute atomic E-state index is 0.517. The standard InChI is InChI=1S/C20H24N4S2/c1-2-6-14(7-3-1)18-11-24-16(13-26-20(24)23-18)12-25-19-21-10-15-8-4-5-9-17(15)22-19/h4-5,8-9,13-14,18H,1-3,6-7,10-12H2,(H,21,22). The first-order valence-electron chi connectivity index (χ1n) is 9.60. The van der Waals surface area contributed by atoms with Gasteiger partial charge in [0.25, 0.3) is 0 Å². The van der Waals surface area contributed by atoms with Crippen LogP contribution in [0.1, 0.15) is 37.7 Å². The Balaban J connectivity index is 1.18. The highest BCUT2D eigenvalue weighted by Gasteiger charge is 2.36. The molecule has 1 aromatic rings. The molecule has 3 heterocycles. The Morgan fingerprint density at radius 2 is 2.08 bits per heavy atom. The predicted octanol–water partition coefficient (Wildman–Crippen LogP) is 4.91. The Hall–Kier alpha value is -1.40. The highest BCUT2D eigenvalue weighted by atomic mass is 32.2. The maximum atomic E-state index is 5.05. The molecule has 1 saturated carbocycles. The van der Waals surface area contributed by atoms with Crippen molar-refractivity contribution in [3.63, 3.8) is 0 Å². The first-order chi connectivity index (χ1) is 12.9. The third kappa shape index (κ3) is 3.29. The molecule has 0 aromatic heterocycles. The van der Waals surface area contributed by atoms with Crippen LogP contribution in [0.5, 0.6) is 0 Å². The van der Waals surface area contributed by atoms with E-state index in [1.165, 1.54) is 54.2 Å². The molecule has 1 N–H and O–H groups in total. The van der Waals surface area contributed by atoms with Gasteiger partial charge in [-0.2, -0.15) is 0 Å². The van der Waals surface area contributed by atoms with E-state index >= 15 is 0 Å². The van der Waals surface area contributed by atoms with Gasteiger partial charge in [-0.05, 0) is 35.8 Å². The van der Waals surface area contributed by atoms with Crippen molar-refractivity contribution in [3.8, 4) is 0 Å². The lowest BCUT2D eigenvalue weighted by molar-refractivity contribution is 0.295. The fourth-order valence-corrected chi connectivity index (χ4v) is 6.17. The Kier molecular flexibility index (Phi) is 4.71. The van der Waals surface area contributed by atoms with Crippen molar-refractivity contribution in [1.29, 1.82) is 0 Å². The molecule has 26 heavy (non-hydrogen) atoms. The lowest BCUT2D eigenvalue weighted by Crippen LogP contribution is -2.30. The topological polar surface area (TPSA) is 40.0 Å². The minimum Gasteiger partial charge on any atom is -0.335 e. The van der Waals surface area contributed by atoms with E-state index in [0.717, 1.165) is 29.9 Å². The first-order valence-corrected chi connectivity index (χ1v) is 11.5. The summed E-state index contributed by atoms with van der Waals surface area (Å²) in [6.07, 6.45) is 6.94. The second-order valence-corrected chi connectivity index (χ2v) is 9.21. The first kappa shape index (κ1) is 16.8. The normalized spacial score (nSPS) is 25.2. The number of nitrogens with one attached hydrogen (secondary N) is 1. The Morgan fingerprint density at radius 1 is 1.19 bits per heavy atom. The molecule has 0 bridgehead atoms. The summed E-state index contributed by atoms with van der Waals surface area (Å²) < 4.78 is 0. The molecular formula is C20H24N4S2. The summed E-state index contributed by atoms with van der Waals surface area (Å²) in [5.41, 5.74) is 3.86. The predicted molar refractivity (Wildman–Crippen MR) is 114 cm³/mol. The molecule has 1 fully saturated rings. The molecule has 0 saturated heterocycles. The maximum absolute atomic E-state index is 5.05. The quantitative estimate of drug-likeness (QED) is 0.804. The van der Waals surface area contributed by atoms with Crippen molar-refractivity contribution in [2.24, 2.45) is 15.9 Å². The van der Waals surface area contributed by atoms with E-state index in [2.05, 4.69) is 39.9 Å². The number of thioether (sulfide) groups is 2. The third-order valence-corrected chi connectivity index (χ3v) is 7.60. The average molecular weight is 385 g/mol. The summed E-state index contributed by atoms with van der Waals surface area (Å²) in [6, 6.07) is 8.94. The van der Waals surface area contributed by atoms with E-state index in [1.54, 1.807) is 23.5 Å². The number of nitrogens with zero attached hydrogens (tertiary/aromatic N) is 3. The lowest BCUT2D eigenvalue weighted by atomic mass is 9.84. The van der Waals surface area contributed by atoms with Crippen LogP contribution in [0, 0.1) is 5.92 Å². The molecule has 1 aromatic carbocycles. The number of anilines is 1. The van der Waals surface area contributed by atoms with Crippen LogP contribution in [0.25, 0.3) is 0 Å². The number of amidine groups is 2. The molecule has 0 radical (unpaired) electrons. The molecule has 3 aliphatic heterocycles. The van der Waals surface area contributed by atoms with Gasteiger partial charge in [-0.1, -0.05) is 61.0 Å². The molecule has 5 rings (SSSR count). The van der Waals surface area contributed by atoms with Crippen molar-refractivity contribution in [2.75, 3.05) is 17.6 Å². The van der Waals surface area contributed by atoms with Crippen LogP contribution in [-0.2, 0) is 6.54 Å². The zero-order valence-electron chi connectivity index (χ0n) is 14.9. The number of para-hydroxylation sites is 1. The second-order valence-electron chi connectivity index (χ2n) is 7.41. The van der Waals surface area contributed by atoms with Crippen molar-refractivity contribution in [2.45, 2.75) is 44.7 Å². The molecule has 4 aliphatic rings. The van der Waals surface area contributed by atoms with E-state index < -0.39 is 0 Å². The average Bonchev–Trinajstić information content (AvgIpc) is 3.28. The zero-order chi connectivity index (χ0) is 17.3. The molecule has 4 nitrogen and oxygen atoms in total. The van der Waals surface area contributed by atoms with Crippen molar-refractivity contribution in [3.05, 3.63) is 40.9 Å². The van der Waals surface area contributed by atoms with E-state index in [1.807, 2.05) is 0 Å². The van der Waals surface area contributed by atoms with E-state index in [0.29, 0.717) is 6.04 Å². The number of fused-ring (bicyclic) bond motifs is 2. The molecular weight excluding hydrogens is 360 g/mol. The molecule has 1 aliphatic carbocycles. The highest BCUT2D eigenvalue weighted by Crippen LogP contribution is 2.38. The SMILES string of the molecule is C1=C(CSC2=NCc3ccccc3N2)N2CC(C3CCCCC3)N=C2S1. The third-order valence-electron chi connectivity index (χ3n) is 5.73. The highest BCUT2D eigenvalue weighted by molar-refractivity contribution is 8.17. The number of benzene rings is 1. The van der Waals surface area contributed by atoms with Gasteiger partial charge in [0, 0.05) is 23.7 Å². The monoisotopic (exact) mass is 384 g/mol. The molecule has 0 spiro atoms. The van der Waals surface area contributed by atoms with Crippen molar-refractivity contribution >= 4 is 39.5 Å². The summed E-state index contributed by atoms with van der Waals surface area (Å²) in [7, 11) is 0. The summed E-state index contributed by atoms with van der Waals surface area (Å²) in [4.78, 5) is 12.2. The largest absolute Gasteiger partial charge is 0.335 e. The van der Waals surface area contributed by atoms with Crippen LogP contribution >= 0.6 is 23.5 Å². The fourth-order valence-electron chi connectivity index (χ4n) is 4.24. The Bertz CT molecular complexity index is 780. The van der Waals surface area contributed by atoms with Crippen molar-refractivity contribution in [1.82, 2.24) is 4.90 Å². The summed E-state index contributed by atoms with van der Waals surface area (Å²) in [6.45, 7) is 1.86. The lowest BCUT2D eigenvalue weighted by Gasteiger charge is -2.26. The summed E-state index contributed by atoms with van der Waals surface area (Å²) in [5.74, 6) is 1.76. The Morgan fingerprint density at radius 3 is 3.00 bits per heavy atom. The molecule has 1 atom stereocenters. The zero-order valence-corrected chi connectivity index (χ0v) is 16.5. The molecule has 1 unspecified atom stereocenters. The van der Waals surface area contributed by atoms with Gasteiger partial charge in [0.15, 0.2) is 10.3 Å². The molecule has 0 amide bonds. The van der Waals surface area contributed by atoms with Crippen molar-refractivity contribution < 1.29 is 0 Å². The summed E-state index contributed by atoms with van der Waals surface area (Å²) >= 11 is 3.61. The van der Waals surface area contributed by atoms with E-state index in [9.17, 15) is 0 Å². The Labute approximate surface area is 163 Å². The van der Waals surface area contributed by atoms with Crippen LogP contribution in [0.15, 0.2) is 45.4 Å². The van der Waals surface area contributed by atoms with Gasteiger partial charge in [-0.25, -0.2) is 0 Å². The fraction of sp³-hybridized carbons (Fsp3) is 0.500. The van der Waals surface area contributed by atoms with E-state index in [4.69, 9.17) is 9.98 Å². The van der Waals surface area contributed by atoms with Gasteiger partial charge >= 0.3 is 0 Å². The number of aliphatic imine (C=N–C) groups is 2. The maximum Gasteiger partial charge on any atom is 0.168 e. The van der Waals surface area contributed by atoms with Gasteiger partial charge in [0.05, 0.1) is 12.6 Å². The van der Waals surface area contributed by atoms with Crippen LogP contribution in [0.3, 0.4) is 0 Å². The van der Waals surface area contributed by atoms with Gasteiger partial charge in [0.1, 0.15) is 0 Å². The van der Waals surface area contributed by atoms with Gasteiger partial charge in [0.2, 0.25) is 0 Å². The number of hydrogen-bond donors (Lipinski definition) is 1. The minimum atomic E-state index is 0.517. The van der Waals surface area contributed by atoms with Gasteiger partial charge in [-0.3, -0.25) is 9.98 Å². The van der Waals surface area contributed by atoms with Gasteiger partial charge < -0.3 is 10.2 Å². The van der Waals surface area contributed by atoms with Crippen LogP contribution in [0.4, 0.5) is 5.69 Å².